The van der Waals surface area contributed by atoms with E-state index in [4.69, 9.17) is 4.74 Å². The van der Waals surface area contributed by atoms with Crippen molar-refractivity contribution in [2.24, 2.45) is 0 Å². The number of methoxy groups -OCH3 is 1. The molecule has 0 aliphatic carbocycles. The van der Waals surface area contributed by atoms with Gasteiger partial charge in [-0.1, -0.05) is 23.9 Å². The van der Waals surface area contributed by atoms with Crippen LogP contribution in [-0.4, -0.2) is 32.3 Å². The minimum Gasteiger partial charge on any atom is -0.496 e. The minimum atomic E-state index is -0.154. The Morgan fingerprint density at radius 2 is 2.00 bits per heavy atom. The van der Waals surface area contributed by atoms with Crippen LogP contribution in [0.4, 0.5) is 0 Å². The highest BCUT2D eigenvalue weighted by Crippen LogP contribution is 2.30. The summed E-state index contributed by atoms with van der Waals surface area (Å²) in [6.07, 6.45) is 0. The summed E-state index contributed by atoms with van der Waals surface area (Å²) in [7, 11) is 1.64. The first kappa shape index (κ1) is 17.3. The Kier molecular flexibility index (Phi) is 4.64. The lowest BCUT2D eigenvalue weighted by atomic mass is 10.1. The van der Waals surface area contributed by atoms with Crippen LogP contribution in [0.3, 0.4) is 0 Å². The van der Waals surface area contributed by atoms with E-state index in [9.17, 15) is 4.79 Å². The molecule has 4 rings (SSSR count). The molecule has 0 bridgehead atoms. The van der Waals surface area contributed by atoms with Crippen LogP contribution in [0.2, 0.25) is 0 Å². The van der Waals surface area contributed by atoms with Gasteiger partial charge in [-0.25, -0.2) is 9.97 Å². The third-order valence-corrected chi connectivity index (χ3v) is 5.00. The van der Waals surface area contributed by atoms with Crippen LogP contribution < -0.4 is 10.3 Å². The molecule has 2 N–H and O–H groups in total. The lowest BCUT2D eigenvalue weighted by Gasteiger charge is -2.10. The van der Waals surface area contributed by atoms with Crippen molar-refractivity contribution >= 4 is 22.7 Å². The van der Waals surface area contributed by atoms with Gasteiger partial charge in [0.15, 0.2) is 0 Å². The van der Waals surface area contributed by atoms with E-state index in [0.717, 1.165) is 22.7 Å². The molecule has 2 aromatic carbocycles. The van der Waals surface area contributed by atoms with Crippen LogP contribution in [0.25, 0.3) is 22.3 Å². The quantitative estimate of drug-likeness (QED) is 0.517. The van der Waals surface area contributed by atoms with E-state index in [-0.39, 0.29) is 5.56 Å². The molecule has 0 aliphatic rings. The van der Waals surface area contributed by atoms with Crippen LogP contribution in [0, 0.1) is 6.92 Å². The second kappa shape index (κ2) is 7.24. The highest BCUT2D eigenvalue weighted by atomic mass is 32.2. The second-order valence-electron chi connectivity index (χ2n) is 5.95. The molecule has 0 atom stereocenters. The topological polar surface area (TPSA) is 96.5 Å². The highest BCUT2D eigenvalue weighted by molar-refractivity contribution is 7.98. The molecule has 8 heteroatoms. The molecule has 0 unspecified atom stereocenters. The van der Waals surface area contributed by atoms with E-state index >= 15 is 0 Å². The molecule has 0 spiro atoms. The monoisotopic (exact) mass is 379 g/mol. The maximum Gasteiger partial charge on any atom is 0.259 e. The van der Waals surface area contributed by atoms with Crippen molar-refractivity contribution in [1.29, 1.82) is 0 Å². The van der Waals surface area contributed by atoms with E-state index < -0.39 is 0 Å². The summed E-state index contributed by atoms with van der Waals surface area (Å²) in [4.78, 5) is 24.1. The van der Waals surface area contributed by atoms with E-state index in [0.29, 0.717) is 27.6 Å². The number of hydrogen-bond donors (Lipinski definition) is 2. The van der Waals surface area contributed by atoms with Gasteiger partial charge in [-0.3, -0.25) is 9.89 Å². The molecule has 7 nitrogen and oxygen atoms in total. The number of aromatic amines is 2. The molecule has 2 heterocycles. The zero-order valence-corrected chi connectivity index (χ0v) is 15.6. The fourth-order valence-electron chi connectivity index (χ4n) is 2.79. The number of nitrogens with zero attached hydrogens (tertiary/aromatic N) is 3. The number of thioether (sulfide) groups is 1. The number of rotatable bonds is 5. The Balaban J connectivity index is 1.70. The average Bonchev–Trinajstić information content (AvgIpc) is 3.11. The van der Waals surface area contributed by atoms with Crippen LogP contribution in [-0.2, 0) is 5.75 Å². The number of aromatic nitrogens is 5. The molecule has 0 radical (unpaired) electrons. The van der Waals surface area contributed by atoms with Gasteiger partial charge in [0, 0.05) is 16.9 Å². The number of benzene rings is 2. The summed E-state index contributed by atoms with van der Waals surface area (Å²) in [6, 6.07) is 13.0. The fraction of sp³-hybridized carbons (Fsp3) is 0.158. The van der Waals surface area contributed by atoms with Crippen molar-refractivity contribution in [3.05, 3.63) is 64.2 Å². The summed E-state index contributed by atoms with van der Waals surface area (Å²) in [5, 5.41) is 8.22. The Labute approximate surface area is 159 Å². The van der Waals surface area contributed by atoms with Crippen LogP contribution >= 0.6 is 11.8 Å². The average molecular weight is 379 g/mol. The third kappa shape index (κ3) is 3.56. The molecule has 27 heavy (non-hydrogen) atoms. The second-order valence-corrected chi connectivity index (χ2v) is 6.89. The Morgan fingerprint density at radius 1 is 1.15 bits per heavy atom. The number of aryl methyl sites for hydroxylation is 1. The summed E-state index contributed by atoms with van der Waals surface area (Å²) in [5.41, 5.74) is 2.30. The van der Waals surface area contributed by atoms with Crippen molar-refractivity contribution < 1.29 is 4.74 Å². The zero-order chi connectivity index (χ0) is 18.8. The van der Waals surface area contributed by atoms with Crippen LogP contribution in [0.5, 0.6) is 5.75 Å². The maximum atomic E-state index is 12.3. The van der Waals surface area contributed by atoms with E-state index in [1.165, 1.54) is 11.8 Å². The third-order valence-electron chi connectivity index (χ3n) is 4.10. The molecule has 136 valence electrons. The molecule has 0 aliphatic heterocycles. The first-order valence-corrected chi connectivity index (χ1v) is 9.31. The Bertz CT molecular complexity index is 1170. The molecule has 2 aromatic heterocycles. The summed E-state index contributed by atoms with van der Waals surface area (Å²) < 4.78 is 5.47. The molecule has 0 amide bonds. The largest absolute Gasteiger partial charge is 0.496 e. The molecular weight excluding hydrogens is 362 g/mol. The number of ether oxygens (including phenoxy) is 1. The van der Waals surface area contributed by atoms with Gasteiger partial charge >= 0.3 is 0 Å². The number of para-hydroxylation sites is 1. The van der Waals surface area contributed by atoms with Crippen molar-refractivity contribution in [3.63, 3.8) is 0 Å². The van der Waals surface area contributed by atoms with Crippen molar-refractivity contribution in [2.45, 2.75) is 17.8 Å². The maximum absolute atomic E-state index is 12.3. The van der Waals surface area contributed by atoms with Gasteiger partial charge in [0.1, 0.15) is 17.4 Å². The first-order chi connectivity index (χ1) is 13.1. The van der Waals surface area contributed by atoms with Gasteiger partial charge in [-0.2, -0.15) is 0 Å². The zero-order valence-electron chi connectivity index (χ0n) is 14.8. The van der Waals surface area contributed by atoms with Gasteiger partial charge in [-0.05, 0) is 37.3 Å². The Hall–Kier alpha value is -3.13. The van der Waals surface area contributed by atoms with Crippen molar-refractivity contribution in [2.75, 3.05) is 7.11 Å². The van der Waals surface area contributed by atoms with E-state index in [1.807, 2.05) is 43.3 Å². The molecular formula is C19H17N5O2S. The van der Waals surface area contributed by atoms with Crippen LogP contribution in [0.15, 0.2) is 52.4 Å². The molecule has 4 aromatic rings. The highest BCUT2D eigenvalue weighted by Gasteiger charge is 2.11. The normalized spacial score (nSPS) is 11.0. The lowest BCUT2D eigenvalue weighted by Crippen LogP contribution is -2.09. The van der Waals surface area contributed by atoms with E-state index in [2.05, 4.69) is 25.1 Å². The minimum absolute atomic E-state index is 0.154. The van der Waals surface area contributed by atoms with Crippen molar-refractivity contribution in [1.82, 2.24) is 25.1 Å². The van der Waals surface area contributed by atoms with Gasteiger partial charge < -0.3 is 9.72 Å². The number of fused-ring (bicyclic) bond motifs is 1. The van der Waals surface area contributed by atoms with Gasteiger partial charge in [0.2, 0.25) is 5.16 Å². The molecule has 0 saturated heterocycles. The molecule has 0 fully saturated rings. The first-order valence-electron chi connectivity index (χ1n) is 8.32. The smallest absolute Gasteiger partial charge is 0.259 e. The number of nitrogens with one attached hydrogen (secondary N) is 2. The molecule has 0 saturated carbocycles. The van der Waals surface area contributed by atoms with Gasteiger partial charge in [0.05, 0.1) is 18.0 Å². The van der Waals surface area contributed by atoms with Crippen molar-refractivity contribution in [3.8, 4) is 17.1 Å². The lowest BCUT2D eigenvalue weighted by molar-refractivity contribution is 0.411. The number of H-pyrrole nitrogens is 2. The SMILES string of the molecule is COc1ccc(-c2nc3ccccc3c(=O)[nH]2)cc1CSc1n[nH]c(C)n1. The summed E-state index contributed by atoms with van der Waals surface area (Å²) in [5.74, 6) is 2.70. The van der Waals surface area contributed by atoms with Crippen LogP contribution in [0.1, 0.15) is 11.4 Å². The Morgan fingerprint density at radius 3 is 2.78 bits per heavy atom. The predicted molar refractivity (Wildman–Crippen MR) is 105 cm³/mol. The van der Waals surface area contributed by atoms with Gasteiger partial charge in [0.25, 0.3) is 5.56 Å². The van der Waals surface area contributed by atoms with Gasteiger partial charge in [-0.15, -0.1) is 5.10 Å². The standard InChI is InChI=1S/C19H17N5O2S/c1-11-20-19(24-23-11)27-10-13-9-12(7-8-16(13)26-2)17-21-15-6-4-3-5-14(15)18(25)22-17/h3-9H,10H2,1-2H3,(H,20,23,24)(H,21,22,25). The summed E-state index contributed by atoms with van der Waals surface area (Å²) >= 11 is 1.51. The van der Waals surface area contributed by atoms with E-state index in [1.54, 1.807) is 13.2 Å². The summed E-state index contributed by atoms with van der Waals surface area (Å²) in [6.45, 7) is 1.86. The fourth-order valence-corrected chi connectivity index (χ4v) is 3.61. The number of hydrogen-bond acceptors (Lipinski definition) is 6. The predicted octanol–water partition coefficient (Wildman–Crippen LogP) is 3.32.